The van der Waals surface area contributed by atoms with Crippen molar-refractivity contribution in [1.29, 1.82) is 0 Å². The molecule has 37 heavy (non-hydrogen) atoms. The molecule has 0 saturated carbocycles. The van der Waals surface area contributed by atoms with E-state index in [-0.39, 0.29) is 17.0 Å². The Morgan fingerprint density at radius 1 is 1.08 bits per heavy atom. The summed E-state index contributed by atoms with van der Waals surface area (Å²) in [5.41, 5.74) is 3.31. The fourth-order valence-corrected chi connectivity index (χ4v) is 5.34. The van der Waals surface area contributed by atoms with Crippen LogP contribution in [0.1, 0.15) is 19.3 Å². The number of carbonyl (C=O) groups is 1. The predicted molar refractivity (Wildman–Crippen MR) is 140 cm³/mol. The van der Waals surface area contributed by atoms with Crippen molar-refractivity contribution in [2.45, 2.75) is 19.3 Å². The minimum absolute atomic E-state index is 0.0199. The molecule has 0 bridgehead atoms. The average molecular weight is 499 g/mol. The van der Waals surface area contributed by atoms with Crippen molar-refractivity contribution < 1.29 is 9.72 Å². The van der Waals surface area contributed by atoms with E-state index in [1.54, 1.807) is 18.3 Å². The van der Waals surface area contributed by atoms with Gasteiger partial charge in [0.15, 0.2) is 0 Å². The fourth-order valence-electron chi connectivity index (χ4n) is 5.34. The molecule has 2 saturated heterocycles. The summed E-state index contributed by atoms with van der Waals surface area (Å²) in [5, 5.41) is 22.5. The molecule has 2 N–H and O–H groups in total. The molecule has 188 valence electrons. The molecular weight excluding hydrogens is 472 g/mol. The molecule has 11 heteroatoms. The topological polar surface area (TPSA) is 131 Å². The van der Waals surface area contributed by atoms with Crippen LogP contribution in [-0.4, -0.2) is 50.2 Å². The summed E-state index contributed by atoms with van der Waals surface area (Å²) in [6.07, 6.45) is 6.07. The van der Waals surface area contributed by atoms with Gasteiger partial charge in [-0.25, -0.2) is 4.98 Å². The number of fused-ring (bicyclic) bond motifs is 1. The number of nitrogens with zero attached hydrogens (tertiary/aromatic N) is 6. The number of piperidine rings is 1. The van der Waals surface area contributed by atoms with Crippen LogP contribution < -0.4 is 15.5 Å². The zero-order chi connectivity index (χ0) is 25.6. The molecule has 2 fully saturated rings. The molecule has 4 aromatic rings. The maximum absolute atomic E-state index is 12.5. The van der Waals surface area contributed by atoms with Crippen LogP contribution in [0, 0.1) is 15.5 Å². The monoisotopic (exact) mass is 498 g/mol. The Morgan fingerprint density at radius 3 is 2.57 bits per heavy atom. The lowest BCUT2D eigenvalue weighted by molar-refractivity contribution is -0.384. The highest BCUT2D eigenvalue weighted by molar-refractivity contribution is 5.88. The Kier molecular flexibility index (Phi) is 5.47. The number of benzene rings is 2. The summed E-state index contributed by atoms with van der Waals surface area (Å²) in [6.45, 7) is 2.17. The number of hydrogen-bond donors (Lipinski definition) is 2. The Morgan fingerprint density at radius 2 is 1.86 bits per heavy atom. The molecule has 4 heterocycles. The highest BCUT2D eigenvalue weighted by Gasteiger charge is 2.44. The lowest BCUT2D eigenvalue weighted by atomic mass is 9.77. The number of carbonyl (C=O) groups excluding carboxylic acids is 1. The van der Waals surface area contributed by atoms with Gasteiger partial charge in [0.1, 0.15) is 5.82 Å². The predicted octanol–water partition coefficient (Wildman–Crippen LogP) is 3.79. The van der Waals surface area contributed by atoms with Crippen molar-refractivity contribution in [3.8, 4) is 11.1 Å². The first-order valence-electron chi connectivity index (χ1n) is 12.3. The lowest BCUT2D eigenvalue weighted by Crippen LogP contribution is -2.44. The summed E-state index contributed by atoms with van der Waals surface area (Å²) in [6, 6.07) is 12.3. The number of hydrogen-bond acceptors (Lipinski definition) is 8. The number of aryl methyl sites for hydroxylation is 1. The first-order chi connectivity index (χ1) is 17.9. The molecule has 6 rings (SSSR count). The molecule has 0 radical (unpaired) electrons. The van der Waals surface area contributed by atoms with Gasteiger partial charge >= 0.3 is 0 Å². The number of non-ortho nitro benzene ring substituents is 1. The summed E-state index contributed by atoms with van der Waals surface area (Å²) >= 11 is 0. The van der Waals surface area contributed by atoms with E-state index in [2.05, 4.69) is 31.7 Å². The fraction of sp³-hybridized carbons (Fsp3) is 0.308. The normalized spacial score (nSPS) is 16.8. The highest BCUT2D eigenvalue weighted by Crippen LogP contribution is 2.41. The third-order valence-electron chi connectivity index (χ3n) is 7.55. The molecule has 0 aliphatic carbocycles. The van der Waals surface area contributed by atoms with E-state index in [9.17, 15) is 14.9 Å². The van der Waals surface area contributed by atoms with Gasteiger partial charge in [0.25, 0.3) is 5.69 Å². The van der Waals surface area contributed by atoms with Crippen LogP contribution in [0.5, 0.6) is 0 Å². The number of aromatic nitrogens is 4. The SMILES string of the molecule is Cn1ncc2cc(-c3cnc(Nc4ccc([N+](=O)[O-])cc4)nc3N3CCC4(CCNC4=O)CC3)ccc21. The molecule has 0 atom stereocenters. The molecule has 0 unspecified atom stereocenters. The molecule has 1 spiro atoms. The minimum Gasteiger partial charge on any atom is -0.356 e. The van der Waals surface area contributed by atoms with Crippen molar-refractivity contribution in [2.75, 3.05) is 29.9 Å². The van der Waals surface area contributed by atoms with E-state index in [1.807, 2.05) is 30.1 Å². The summed E-state index contributed by atoms with van der Waals surface area (Å²) in [4.78, 5) is 34.8. The number of amides is 1. The quantitative estimate of drug-likeness (QED) is 0.314. The number of nitro groups is 1. The van der Waals surface area contributed by atoms with E-state index < -0.39 is 4.92 Å². The zero-order valence-electron chi connectivity index (χ0n) is 20.3. The van der Waals surface area contributed by atoms with Crippen molar-refractivity contribution in [2.24, 2.45) is 12.5 Å². The van der Waals surface area contributed by atoms with Gasteiger partial charge < -0.3 is 15.5 Å². The average Bonchev–Trinajstić information content (AvgIpc) is 3.46. The van der Waals surface area contributed by atoms with Crippen molar-refractivity contribution in [1.82, 2.24) is 25.1 Å². The summed E-state index contributed by atoms with van der Waals surface area (Å²) in [7, 11) is 1.91. The van der Waals surface area contributed by atoms with Gasteiger partial charge in [-0.3, -0.25) is 19.6 Å². The van der Waals surface area contributed by atoms with Crippen molar-refractivity contribution in [3.05, 3.63) is 65.0 Å². The minimum atomic E-state index is -0.431. The Bertz CT molecular complexity index is 1510. The van der Waals surface area contributed by atoms with Gasteiger partial charge in [0.2, 0.25) is 11.9 Å². The van der Waals surface area contributed by atoms with E-state index in [0.717, 1.165) is 53.7 Å². The van der Waals surface area contributed by atoms with E-state index in [0.29, 0.717) is 24.7 Å². The largest absolute Gasteiger partial charge is 0.356 e. The van der Waals surface area contributed by atoms with Gasteiger partial charge in [-0.05, 0) is 49.1 Å². The number of rotatable bonds is 5. The first kappa shape index (κ1) is 22.9. The van der Waals surface area contributed by atoms with E-state index in [4.69, 9.17) is 4.98 Å². The third kappa shape index (κ3) is 4.11. The summed E-state index contributed by atoms with van der Waals surface area (Å²) in [5.74, 6) is 1.35. The van der Waals surface area contributed by atoms with Crippen molar-refractivity contribution in [3.63, 3.8) is 0 Å². The van der Waals surface area contributed by atoms with Gasteiger partial charge in [-0.15, -0.1) is 0 Å². The first-order valence-corrected chi connectivity index (χ1v) is 12.3. The molecule has 2 aliphatic rings. The molecule has 2 aromatic carbocycles. The smallest absolute Gasteiger partial charge is 0.269 e. The molecule has 2 aliphatic heterocycles. The van der Waals surface area contributed by atoms with Crippen LogP contribution in [-0.2, 0) is 11.8 Å². The molecule has 2 aromatic heterocycles. The van der Waals surface area contributed by atoms with Crippen LogP contribution in [0.25, 0.3) is 22.0 Å². The van der Waals surface area contributed by atoms with Gasteiger partial charge in [-0.1, -0.05) is 6.07 Å². The van der Waals surface area contributed by atoms with Gasteiger partial charge in [0.05, 0.1) is 22.1 Å². The second-order valence-corrected chi connectivity index (χ2v) is 9.67. The maximum atomic E-state index is 12.5. The van der Waals surface area contributed by atoms with Crippen LogP contribution in [0.4, 0.5) is 23.1 Å². The van der Waals surface area contributed by atoms with Crippen LogP contribution in [0.15, 0.2) is 54.9 Å². The standard InChI is InChI=1S/C26H26N8O3/c1-32-22-7-2-17(14-18(22)15-29-32)21-16-28-25(30-19-3-5-20(6-4-19)34(36)37)31-23(21)33-12-9-26(10-13-33)8-11-27-24(26)35/h2-7,14-16H,8-13H2,1H3,(H,27,35)(H,28,30,31). The number of anilines is 3. The van der Waals surface area contributed by atoms with Crippen LogP contribution >= 0.6 is 0 Å². The Labute approximate surface area is 212 Å². The molecule has 1 amide bonds. The maximum Gasteiger partial charge on any atom is 0.269 e. The second-order valence-electron chi connectivity index (χ2n) is 9.67. The lowest BCUT2D eigenvalue weighted by Gasteiger charge is -2.38. The number of nitrogens with one attached hydrogen (secondary N) is 2. The van der Waals surface area contributed by atoms with E-state index >= 15 is 0 Å². The van der Waals surface area contributed by atoms with Crippen LogP contribution in [0.2, 0.25) is 0 Å². The third-order valence-corrected chi connectivity index (χ3v) is 7.55. The van der Waals surface area contributed by atoms with E-state index in [1.165, 1.54) is 12.1 Å². The molecular formula is C26H26N8O3. The zero-order valence-corrected chi connectivity index (χ0v) is 20.3. The Hall–Kier alpha value is -4.54. The van der Waals surface area contributed by atoms with Gasteiger partial charge in [-0.2, -0.15) is 10.1 Å². The highest BCUT2D eigenvalue weighted by atomic mass is 16.6. The van der Waals surface area contributed by atoms with Crippen LogP contribution in [0.3, 0.4) is 0 Å². The summed E-state index contributed by atoms with van der Waals surface area (Å²) < 4.78 is 1.84. The van der Waals surface area contributed by atoms with Crippen molar-refractivity contribution >= 4 is 40.0 Å². The molecule has 11 nitrogen and oxygen atoms in total. The second kappa shape index (κ2) is 8.84. The number of nitro benzene ring substituents is 1. The van der Waals surface area contributed by atoms with Gasteiger partial charge in [0, 0.05) is 61.6 Å². The Balaban J connectivity index is 1.35.